The van der Waals surface area contributed by atoms with Gasteiger partial charge in [-0.15, -0.1) is 0 Å². The summed E-state index contributed by atoms with van der Waals surface area (Å²) in [6.07, 6.45) is 1.51. The highest BCUT2D eigenvalue weighted by Gasteiger charge is 2.22. The molecule has 7 nitrogen and oxygen atoms in total. The maximum atomic E-state index is 12.7. The summed E-state index contributed by atoms with van der Waals surface area (Å²) < 4.78 is 7.69. The van der Waals surface area contributed by atoms with Crippen LogP contribution in [0.3, 0.4) is 0 Å². The first-order valence-electron chi connectivity index (χ1n) is 8.55. The Labute approximate surface area is 160 Å². The average Bonchev–Trinajstić information content (AvgIpc) is 3.15. The van der Waals surface area contributed by atoms with Crippen molar-refractivity contribution >= 4 is 45.4 Å². The van der Waals surface area contributed by atoms with Crippen LogP contribution >= 0.6 is 11.8 Å². The van der Waals surface area contributed by atoms with Crippen LogP contribution in [0.25, 0.3) is 22.1 Å². The fourth-order valence-electron chi connectivity index (χ4n) is 2.99. The highest BCUT2D eigenvalue weighted by Crippen LogP contribution is 2.34. The van der Waals surface area contributed by atoms with Crippen LogP contribution in [0, 0.1) is 13.8 Å². The minimum Gasteiger partial charge on any atom is -0.451 e. The van der Waals surface area contributed by atoms with Gasteiger partial charge in [-0.3, -0.25) is 9.48 Å². The Morgan fingerprint density at radius 3 is 2.78 bits per heavy atom. The van der Waals surface area contributed by atoms with E-state index in [4.69, 9.17) is 4.42 Å². The van der Waals surface area contributed by atoms with Crippen LogP contribution < -0.4 is 5.32 Å². The summed E-state index contributed by atoms with van der Waals surface area (Å²) in [6.45, 7) is 5.65. The van der Waals surface area contributed by atoms with Crippen LogP contribution in [0.4, 0.5) is 5.69 Å². The number of carbonyl (C=O) groups excluding carboxylic acids is 1. The normalized spacial score (nSPS) is 12.6. The maximum Gasteiger partial charge on any atom is 0.237 e. The van der Waals surface area contributed by atoms with Gasteiger partial charge in [-0.25, -0.2) is 9.97 Å². The molecule has 1 aromatic carbocycles. The lowest BCUT2D eigenvalue weighted by molar-refractivity contribution is -0.115. The van der Waals surface area contributed by atoms with Crippen molar-refractivity contribution in [3.8, 4) is 0 Å². The zero-order chi connectivity index (χ0) is 19.1. The molecule has 1 amide bonds. The van der Waals surface area contributed by atoms with Crippen LogP contribution in [0.5, 0.6) is 0 Å². The van der Waals surface area contributed by atoms with Crippen LogP contribution in [0.15, 0.2) is 40.0 Å². The second-order valence-corrected chi connectivity index (χ2v) is 7.70. The van der Waals surface area contributed by atoms with Crippen LogP contribution in [0.1, 0.15) is 18.3 Å². The van der Waals surface area contributed by atoms with Gasteiger partial charge in [0.1, 0.15) is 22.5 Å². The Kier molecular flexibility index (Phi) is 4.35. The molecule has 3 aromatic heterocycles. The number of nitrogens with one attached hydrogen (secondary N) is 1. The fraction of sp³-hybridized carbons (Fsp3) is 0.263. The van der Waals surface area contributed by atoms with E-state index in [2.05, 4.69) is 20.4 Å². The number of amides is 1. The number of para-hydroxylation sites is 1. The largest absolute Gasteiger partial charge is 0.451 e. The van der Waals surface area contributed by atoms with E-state index >= 15 is 0 Å². The van der Waals surface area contributed by atoms with Gasteiger partial charge in [-0.1, -0.05) is 23.9 Å². The number of benzene rings is 1. The van der Waals surface area contributed by atoms with Gasteiger partial charge in [-0.2, -0.15) is 5.10 Å². The standard InChI is InChI=1S/C19H19N5O2S/c1-10-15(11(2)24(4)23-10)22-18(25)12(3)27-19-17-16(20-9-21-19)13-7-5-6-8-14(13)26-17/h5-9,12H,1-4H3,(H,22,25)/t12-/m0/s1. The molecule has 1 N–H and O–H groups in total. The number of furan rings is 1. The number of fused-ring (bicyclic) bond motifs is 3. The van der Waals surface area contributed by atoms with E-state index in [1.54, 1.807) is 4.68 Å². The van der Waals surface area contributed by atoms with Gasteiger partial charge in [0.05, 0.1) is 22.3 Å². The third-order valence-electron chi connectivity index (χ3n) is 4.54. The number of rotatable bonds is 4. The van der Waals surface area contributed by atoms with Crippen molar-refractivity contribution in [3.63, 3.8) is 0 Å². The van der Waals surface area contributed by atoms with E-state index in [0.717, 1.165) is 33.6 Å². The Bertz CT molecular complexity index is 1160. The van der Waals surface area contributed by atoms with Crippen molar-refractivity contribution in [2.45, 2.75) is 31.0 Å². The van der Waals surface area contributed by atoms with Crippen molar-refractivity contribution in [2.75, 3.05) is 5.32 Å². The predicted molar refractivity (Wildman–Crippen MR) is 106 cm³/mol. The molecule has 8 heteroatoms. The minimum absolute atomic E-state index is 0.109. The molecule has 138 valence electrons. The van der Waals surface area contributed by atoms with E-state index < -0.39 is 0 Å². The summed E-state index contributed by atoms with van der Waals surface area (Å²) in [5, 5.41) is 8.53. The van der Waals surface area contributed by atoms with E-state index in [9.17, 15) is 4.79 Å². The van der Waals surface area contributed by atoms with Gasteiger partial charge in [-0.05, 0) is 32.9 Å². The summed E-state index contributed by atoms with van der Waals surface area (Å²) in [6, 6.07) is 7.72. The third kappa shape index (κ3) is 3.06. The van der Waals surface area contributed by atoms with Gasteiger partial charge in [0.15, 0.2) is 5.58 Å². The maximum absolute atomic E-state index is 12.7. The van der Waals surface area contributed by atoms with Crippen LogP contribution in [-0.4, -0.2) is 30.9 Å². The van der Waals surface area contributed by atoms with Crippen molar-refractivity contribution in [2.24, 2.45) is 7.05 Å². The topological polar surface area (TPSA) is 85.8 Å². The molecule has 0 aliphatic carbocycles. The quantitative estimate of drug-likeness (QED) is 0.427. The lowest BCUT2D eigenvalue weighted by Crippen LogP contribution is -2.23. The molecule has 0 fully saturated rings. The number of hydrogen-bond acceptors (Lipinski definition) is 6. The first-order chi connectivity index (χ1) is 13.0. The molecule has 0 bridgehead atoms. The highest BCUT2D eigenvalue weighted by atomic mass is 32.2. The van der Waals surface area contributed by atoms with E-state index in [1.165, 1.54) is 18.1 Å². The summed E-state index contributed by atoms with van der Waals surface area (Å²) >= 11 is 1.35. The number of aromatic nitrogens is 4. The molecule has 0 aliphatic rings. The van der Waals surface area contributed by atoms with Crippen molar-refractivity contribution < 1.29 is 9.21 Å². The first-order valence-corrected chi connectivity index (χ1v) is 9.43. The second kappa shape index (κ2) is 6.70. The number of aryl methyl sites for hydroxylation is 2. The van der Waals surface area contributed by atoms with E-state index in [-0.39, 0.29) is 11.2 Å². The highest BCUT2D eigenvalue weighted by molar-refractivity contribution is 8.00. The average molecular weight is 381 g/mol. The number of thioether (sulfide) groups is 1. The lowest BCUT2D eigenvalue weighted by Gasteiger charge is -2.11. The Morgan fingerprint density at radius 1 is 1.26 bits per heavy atom. The van der Waals surface area contributed by atoms with E-state index in [1.807, 2.05) is 52.1 Å². The molecule has 0 saturated carbocycles. The molecule has 0 spiro atoms. The Morgan fingerprint density at radius 2 is 2.04 bits per heavy atom. The van der Waals surface area contributed by atoms with Gasteiger partial charge in [0.25, 0.3) is 0 Å². The zero-order valence-corrected chi connectivity index (χ0v) is 16.3. The SMILES string of the molecule is Cc1nn(C)c(C)c1NC(=O)[C@H](C)Sc1ncnc2c1oc1ccccc12. The van der Waals surface area contributed by atoms with Gasteiger partial charge >= 0.3 is 0 Å². The monoisotopic (exact) mass is 381 g/mol. The Hall–Kier alpha value is -2.87. The number of hydrogen-bond donors (Lipinski definition) is 1. The fourth-order valence-corrected chi connectivity index (χ4v) is 3.84. The summed E-state index contributed by atoms with van der Waals surface area (Å²) in [7, 11) is 1.86. The molecule has 3 heterocycles. The molecule has 4 rings (SSSR count). The van der Waals surface area contributed by atoms with Gasteiger partial charge in [0, 0.05) is 12.4 Å². The molecular formula is C19H19N5O2S. The van der Waals surface area contributed by atoms with Crippen LogP contribution in [-0.2, 0) is 11.8 Å². The van der Waals surface area contributed by atoms with Crippen molar-refractivity contribution in [1.82, 2.24) is 19.7 Å². The van der Waals surface area contributed by atoms with Gasteiger partial charge < -0.3 is 9.73 Å². The minimum atomic E-state index is -0.365. The molecule has 0 aliphatic heterocycles. The van der Waals surface area contributed by atoms with Crippen molar-refractivity contribution in [3.05, 3.63) is 42.0 Å². The molecule has 0 radical (unpaired) electrons. The molecule has 4 aromatic rings. The second-order valence-electron chi connectivity index (χ2n) is 6.37. The predicted octanol–water partition coefficient (Wildman–Crippen LogP) is 3.85. The molecule has 0 saturated heterocycles. The smallest absolute Gasteiger partial charge is 0.237 e. The molecular weight excluding hydrogens is 362 g/mol. The number of nitrogens with zero attached hydrogens (tertiary/aromatic N) is 4. The Balaban J connectivity index is 1.61. The molecule has 27 heavy (non-hydrogen) atoms. The third-order valence-corrected chi connectivity index (χ3v) is 5.62. The van der Waals surface area contributed by atoms with Gasteiger partial charge in [0.2, 0.25) is 5.91 Å². The van der Waals surface area contributed by atoms with Crippen molar-refractivity contribution in [1.29, 1.82) is 0 Å². The molecule has 1 atom stereocenters. The summed E-state index contributed by atoms with van der Waals surface area (Å²) in [5.41, 5.74) is 4.59. The lowest BCUT2D eigenvalue weighted by atomic mass is 10.2. The van der Waals surface area contributed by atoms with Crippen LogP contribution in [0.2, 0.25) is 0 Å². The number of anilines is 1. The first kappa shape index (κ1) is 17.5. The van der Waals surface area contributed by atoms with E-state index in [0.29, 0.717) is 10.6 Å². The number of carbonyl (C=O) groups is 1. The zero-order valence-electron chi connectivity index (χ0n) is 15.5. The molecule has 0 unspecified atom stereocenters. The summed E-state index contributed by atoms with van der Waals surface area (Å²) in [5.74, 6) is -0.109. The summed E-state index contributed by atoms with van der Waals surface area (Å²) in [4.78, 5) is 21.4.